The van der Waals surface area contributed by atoms with Gasteiger partial charge in [0.15, 0.2) is 0 Å². The van der Waals surface area contributed by atoms with Gasteiger partial charge in [-0.25, -0.2) is 4.39 Å². The molecule has 1 fully saturated rings. The topological polar surface area (TPSA) is 29.1 Å². The number of benzene rings is 2. The first-order valence-electron chi connectivity index (χ1n) is 7.90. The summed E-state index contributed by atoms with van der Waals surface area (Å²) in [4.78, 5) is 12.7. The highest BCUT2D eigenvalue weighted by molar-refractivity contribution is 9.10. The molecule has 24 heavy (non-hydrogen) atoms. The predicted molar refractivity (Wildman–Crippen MR) is 101 cm³/mol. The van der Waals surface area contributed by atoms with Crippen molar-refractivity contribution in [1.82, 2.24) is 5.32 Å². The molecular weight excluding hydrogens is 437 g/mol. The number of halogens is 3. The Morgan fingerprint density at radius 3 is 2.67 bits per heavy atom. The van der Waals surface area contributed by atoms with Crippen molar-refractivity contribution in [3.63, 3.8) is 0 Å². The smallest absolute Gasteiger partial charge is 0.251 e. The van der Waals surface area contributed by atoms with Crippen LogP contribution >= 0.6 is 31.9 Å². The van der Waals surface area contributed by atoms with E-state index >= 15 is 0 Å². The Balaban J connectivity index is 1.84. The highest BCUT2D eigenvalue weighted by atomic mass is 79.9. The van der Waals surface area contributed by atoms with Gasteiger partial charge in [-0.3, -0.25) is 4.79 Å². The van der Waals surface area contributed by atoms with Gasteiger partial charge in [0.1, 0.15) is 5.82 Å². The highest BCUT2D eigenvalue weighted by Crippen LogP contribution is 2.41. The van der Waals surface area contributed by atoms with Crippen LogP contribution in [0.4, 0.5) is 4.39 Å². The molecule has 1 amide bonds. The zero-order chi connectivity index (χ0) is 17.3. The predicted octanol–water partition coefficient (Wildman–Crippen LogP) is 5.67. The second kappa shape index (κ2) is 7.36. The molecule has 0 heterocycles. The summed E-state index contributed by atoms with van der Waals surface area (Å²) in [6, 6.07) is 10.7. The molecular formula is C19H18Br2FNO. The zero-order valence-corrected chi connectivity index (χ0v) is 16.5. The Morgan fingerprint density at radius 1 is 1.29 bits per heavy atom. The van der Waals surface area contributed by atoms with Crippen LogP contribution in [0.3, 0.4) is 0 Å². The van der Waals surface area contributed by atoms with Crippen molar-refractivity contribution in [1.29, 1.82) is 0 Å². The number of rotatable bonds is 5. The van der Waals surface area contributed by atoms with E-state index in [0.717, 1.165) is 28.4 Å². The minimum Gasteiger partial charge on any atom is -0.345 e. The van der Waals surface area contributed by atoms with Crippen molar-refractivity contribution in [3.05, 3.63) is 68.9 Å². The maximum absolute atomic E-state index is 13.5. The van der Waals surface area contributed by atoms with Crippen LogP contribution in [-0.2, 0) is 5.33 Å². The van der Waals surface area contributed by atoms with Gasteiger partial charge in [0.05, 0.1) is 6.04 Å². The molecule has 2 aromatic carbocycles. The summed E-state index contributed by atoms with van der Waals surface area (Å²) in [5, 5.41) is 3.83. The van der Waals surface area contributed by atoms with Crippen molar-refractivity contribution in [3.8, 4) is 0 Å². The molecule has 1 N–H and O–H groups in total. The number of aryl methyl sites for hydroxylation is 1. The van der Waals surface area contributed by atoms with Gasteiger partial charge in [-0.15, -0.1) is 0 Å². The Morgan fingerprint density at radius 2 is 2.04 bits per heavy atom. The minimum atomic E-state index is -0.214. The van der Waals surface area contributed by atoms with E-state index in [2.05, 4.69) is 37.2 Å². The van der Waals surface area contributed by atoms with Crippen molar-refractivity contribution in [2.24, 2.45) is 5.92 Å². The van der Waals surface area contributed by atoms with Gasteiger partial charge >= 0.3 is 0 Å². The Kier molecular flexibility index (Phi) is 5.40. The molecule has 5 heteroatoms. The van der Waals surface area contributed by atoms with E-state index in [1.54, 1.807) is 13.0 Å². The van der Waals surface area contributed by atoms with Crippen molar-refractivity contribution >= 4 is 37.8 Å². The first kappa shape index (κ1) is 17.6. The van der Waals surface area contributed by atoms with Crippen LogP contribution in [0.1, 0.15) is 45.9 Å². The van der Waals surface area contributed by atoms with E-state index in [-0.39, 0.29) is 17.8 Å². The number of carbonyl (C=O) groups is 1. The molecule has 1 aliphatic carbocycles. The molecule has 0 radical (unpaired) electrons. The number of amides is 1. The molecule has 1 saturated carbocycles. The van der Waals surface area contributed by atoms with Crippen LogP contribution < -0.4 is 5.32 Å². The van der Waals surface area contributed by atoms with Gasteiger partial charge in [0.2, 0.25) is 0 Å². The number of hydrogen-bond acceptors (Lipinski definition) is 1. The number of carbonyl (C=O) groups excluding carboxylic acids is 1. The fraction of sp³-hybridized carbons (Fsp3) is 0.316. The monoisotopic (exact) mass is 453 g/mol. The number of hydrogen-bond donors (Lipinski definition) is 1. The van der Waals surface area contributed by atoms with Gasteiger partial charge in [-0.2, -0.15) is 0 Å². The van der Waals surface area contributed by atoms with E-state index in [4.69, 9.17) is 0 Å². The van der Waals surface area contributed by atoms with E-state index in [1.807, 2.05) is 24.3 Å². The first-order valence-corrected chi connectivity index (χ1v) is 9.81. The van der Waals surface area contributed by atoms with E-state index < -0.39 is 0 Å². The molecule has 0 bridgehead atoms. The lowest BCUT2D eigenvalue weighted by atomic mass is 9.99. The molecule has 3 rings (SSSR count). The molecule has 0 aliphatic heterocycles. The highest BCUT2D eigenvalue weighted by Gasteiger charge is 2.33. The molecule has 1 atom stereocenters. The molecule has 1 aliphatic rings. The van der Waals surface area contributed by atoms with Crippen molar-refractivity contribution in [2.45, 2.75) is 31.1 Å². The van der Waals surface area contributed by atoms with E-state index in [9.17, 15) is 9.18 Å². The standard InChI is InChI=1S/C19H18Br2FNO/c1-11-6-14(4-5-17(11)22)18(13-2-3-13)23-19(24)15-7-12(10-20)8-16(21)9-15/h4-9,13,18H,2-3,10H2,1H3,(H,23,24). The van der Waals surface area contributed by atoms with E-state index in [1.165, 1.54) is 6.07 Å². The molecule has 1 unspecified atom stereocenters. The molecule has 2 aromatic rings. The van der Waals surface area contributed by atoms with Gasteiger partial charge in [0.25, 0.3) is 5.91 Å². The maximum atomic E-state index is 13.5. The Hall–Kier alpha value is -1.20. The quantitative estimate of drug-likeness (QED) is 0.579. The molecule has 126 valence electrons. The Bertz CT molecular complexity index is 774. The molecule has 0 saturated heterocycles. The van der Waals surface area contributed by atoms with Crippen LogP contribution in [0, 0.1) is 18.7 Å². The Labute approximate surface area is 158 Å². The van der Waals surface area contributed by atoms with Crippen molar-refractivity contribution < 1.29 is 9.18 Å². The van der Waals surface area contributed by atoms with Crippen molar-refractivity contribution in [2.75, 3.05) is 0 Å². The third-order valence-electron chi connectivity index (χ3n) is 4.30. The third kappa shape index (κ3) is 4.06. The number of nitrogens with one attached hydrogen (secondary N) is 1. The van der Waals surface area contributed by atoms with Gasteiger partial charge < -0.3 is 5.32 Å². The third-order valence-corrected chi connectivity index (χ3v) is 5.40. The molecule has 0 spiro atoms. The van der Waals surface area contributed by atoms with Crippen LogP contribution in [-0.4, -0.2) is 5.91 Å². The average molecular weight is 455 g/mol. The summed E-state index contributed by atoms with van der Waals surface area (Å²) in [5.41, 5.74) is 3.25. The lowest BCUT2D eigenvalue weighted by molar-refractivity contribution is 0.0931. The SMILES string of the molecule is Cc1cc(C(NC(=O)c2cc(Br)cc(CBr)c2)C2CC2)ccc1F. The van der Waals surface area contributed by atoms with Gasteiger partial charge in [0, 0.05) is 15.4 Å². The second-order valence-corrected chi connectivity index (χ2v) is 7.76. The molecule has 0 aromatic heterocycles. The van der Waals surface area contributed by atoms with Gasteiger partial charge in [-0.1, -0.05) is 44.0 Å². The molecule has 2 nitrogen and oxygen atoms in total. The fourth-order valence-corrected chi connectivity index (χ4v) is 3.71. The van der Waals surface area contributed by atoms with Crippen LogP contribution in [0.15, 0.2) is 40.9 Å². The van der Waals surface area contributed by atoms with Gasteiger partial charge in [-0.05, 0) is 66.6 Å². The fourth-order valence-electron chi connectivity index (χ4n) is 2.85. The number of alkyl halides is 1. The average Bonchev–Trinajstić information content (AvgIpc) is 3.39. The van der Waals surface area contributed by atoms with Crippen LogP contribution in [0.2, 0.25) is 0 Å². The summed E-state index contributed by atoms with van der Waals surface area (Å²) in [6.45, 7) is 1.75. The lowest BCUT2D eigenvalue weighted by Crippen LogP contribution is -2.30. The summed E-state index contributed by atoms with van der Waals surface area (Å²) >= 11 is 6.87. The second-order valence-electron chi connectivity index (χ2n) is 6.28. The summed E-state index contributed by atoms with van der Waals surface area (Å²) in [7, 11) is 0. The van der Waals surface area contributed by atoms with Crippen LogP contribution in [0.25, 0.3) is 0 Å². The first-order chi connectivity index (χ1) is 11.5. The minimum absolute atomic E-state index is 0.0665. The maximum Gasteiger partial charge on any atom is 0.251 e. The zero-order valence-electron chi connectivity index (χ0n) is 13.3. The summed E-state index contributed by atoms with van der Waals surface area (Å²) in [6.07, 6.45) is 2.18. The largest absolute Gasteiger partial charge is 0.345 e. The summed E-state index contributed by atoms with van der Waals surface area (Å²) in [5.74, 6) is 0.118. The summed E-state index contributed by atoms with van der Waals surface area (Å²) < 4.78 is 14.4. The normalized spacial score (nSPS) is 15.2. The van der Waals surface area contributed by atoms with Crippen LogP contribution in [0.5, 0.6) is 0 Å². The lowest BCUT2D eigenvalue weighted by Gasteiger charge is -2.20. The van der Waals surface area contributed by atoms with E-state index in [0.29, 0.717) is 22.4 Å².